The predicted molar refractivity (Wildman–Crippen MR) is 126 cm³/mol. The topological polar surface area (TPSA) is 51.2 Å². The van der Waals surface area contributed by atoms with Crippen molar-refractivity contribution < 1.29 is 13.9 Å². The molecule has 1 aromatic carbocycles. The standard InChI is InChI=1S/C26H35FN2O2/c1-20(2)21(3)28-26(30)23(27)15-10-8-6-4-5-7-9-13-19-31-25-18-17-22-14-11-12-16-24(22)29-25/h8,10-12,14-18,20-21H,4-7,9,13,19H2,1-3H3,(H,28,30). The number of amides is 1. The van der Waals surface area contributed by atoms with Crippen LogP contribution in [-0.2, 0) is 4.79 Å². The summed E-state index contributed by atoms with van der Waals surface area (Å²) in [5.41, 5.74) is 0.952. The molecular weight excluding hydrogens is 391 g/mol. The first kappa shape index (κ1) is 24.6. The zero-order valence-corrected chi connectivity index (χ0v) is 18.9. The number of halogens is 1. The average Bonchev–Trinajstić information content (AvgIpc) is 2.76. The molecule has 1 heterocycles. The van der Waals surface area contributed by atoms with E-state index >= 15 is 0 Å². The lowest BCUT2D eigenvalue weighted by molar-refractivity contribution is -0.119. The predicted octanol–water partition coefficient (Wildman–Crippen LogP) is 6.52. The first-order valence-electron chi connectivity index (χ1n) is 11.3. The van der Waals surface area contributed by atoms with Gasteiger partial charge < -0.3 is 10.1 Å². The normalized spacial score (nSPS) is 13.1. The van der Waals surface area contributed by atoms with Crippen molar-refractivity contribution in [1.82, 2.24) is 10.3 Å². The van der Waals surface area contributed by atoms with Gasteiger partial charge in [-0.2, -0.15) is 0 Å². The van der Waals surface area contributed by atoms with Crippen LogP contribution in [0, 0.1) is 5.92 Å². The van der Waals surface area contributed by atoms with Gasteiger partial charge in [0.25, 0.3) is 5.91 Å². The van der Waals surface area contributed by atoms with Crippen LogP contribution in [0.1, 0.15) is 59.3 Å². The molecule has 1 atom stereocenters. The van der Waals surface area contributed by atoms with E-state index in [9.17, 15) is 9.18 Å². The quantitative estimate of drug-likeness (QED) is 0.225. The Labute approximate surface area is 185 Å². The molecule has 0 aliphatic rings. The summed E-state index contributed by atoms with van der Waals surface area (Å²) in [6.07, 6.45) is 11.1. The van der Waals surface area contributed by atoms with Gasteiger partial charge in [0.05, 0.1) is 12.1 Å². The lowest BCUT2D eigenvalue weighted by Crippen LogP contribution is -2.36. The number of unbranched alkanes of at least 4 members (excludes halogenated alkanes) is 5. The number of para-hydroxylation sites is 1. The number of benzene rings is 1. The Bertz CT molecular complexity index is 877. The number of aromatic nitrogens is 1. The second kappa shape index (κ2) is 13.6. The van der Waals surface area contributed by atoms with Gasteiger partial charge in [-0.15, -0.1) is 0 Å². The van der Waals surface area contributed by atoms with Crippen LogP contribution in [0.2, 0.25) is 0 Å². The van der Waals surface area contributed by atoms with Gasteiger partial charge in [0.2, 0.25) is 5.88 Å². The van der Waals surface area contributed by atoms with Crippen LogP contribution in [0.5, 0.6) is 5.88 Å². The van der Waals surface area contributed by atoms with Crippen molar-refractivity contribution in [3.8, 4) is 5.88 Å². The minimum absolute atomic E-state index is 0.0510. The van der Waals surface area contributed by atoms with Crippen molar-refractivity contribution in [3.05, 3.63) is 60.5 Å². The molecule has 0 aliphatic carbocycles. The molecule has 0 saturated heterocycles. The maximum absolute atomic E-state index is 13.7. The van der Waals surface area contributed by atoms with Crippen LogP contribution in [0.3, 0.4) is 0 Å². The maximum Gasteiger partial charge on any atom is 0.280 e. The Morgan fingerprint density at radius 1 is 1.06 bits per heavy atom. The third kappa shape index (κ3) is 9.33. The van der Waals surface area contributed by atoms with Gasteiger partial charge in [-0.1, -0.05) is 63.5 Å². The van der Waals surface area contributed by atoms with E-state index in [0.29, 0.717) is 12.5 Å². The third-order valence-electron chi connectivity index (χ3n) is 5.29. The summed E-state index contributed by atoms with van der Waals surface area (Å²) in [6, 6.07) is 11.9. The van der Waals surface area contributed by atoms with Crippen LogP contribution in [-0.4, -0.2) is 23.5 Å². The summed E-state index contributed by atoms with van der Waals surface area (Å²) in [4.78, 5) is 16.2. The Morgan fingerprint density at radius 3 is 2.61 bits per heavy atom. The van der Waals surface area contributed by atoms with E-state index in [4.69, 9.17) is 4.74 Å². The van der Waals surface area contributed by atoms with Gasteiger partial charge in [0.1, 0.15) is 0 Å². The highest BCUT2D eigenvalue weighted by molar-refractivity contribution is 5.91. The van der Waals surface area contributed by atoms with Crippen LogP contribution in [0.25, 0.3) is 10.9 Å². The first-order valence-corrected chi connectivity index (χ1v) is 11.3. The third-order valence-corrected chi connectivity index (χ3v) is 5.29. The second-order valence-corrected chi connectivity index (χ2v) is 8.20. The fourth-order valence-electron chi connectivity index (χ4n) is 2.97. The summed E-state index contributed by atoms with van der Waals surface area (Å²) in [7, 11) is 0. The molecule has 0 bridgehead atoms. The minimum atomic E-state index is -0.746. The van der Waals surface area contributed by atoms with Crippen molar-refractivity contribution in [2.45, 2.75) is 65.3 Å². The summed E-state index contributed by atoms with van der Waals surface area (Å²) >= 11 is 0. The van der Waals surface area contributed by atoms with Crippen LogP contribution in [0.15, 0.2) is 60.5 Å². The van der Waals surface area contributed by atoms with E-state index < -0.39 is 11.7 Å². The van der Waals surface area contributed by atoms with Gasteiger partial charge in [-0.05, 0) is 50.3 Å². The molecular formula is C26H35FN2O2. The van der Waals surface area contributed by atoms with Gasteiger partial charge in [0, 0.05) is 17.5 Å². The van der Waals surface area contributed by atoms with E-state index in [-0.39, 0.29) is 12.0 Å². The van der Waals surface area contributed by atoms with Gasteiger partial charge >= 0.3 is 0 Å². The molecule has 1 N–H and O–H groups in total. The SMILES string of the molecule is CC(C)C(C)NC(=O)C(F)=CC=CCCCCCCCOc1ccc2ccccc2n1. The Balaban J connectivity index is 1.51. The number of hydrogen-bond acceptors (Lipinski definition) is 3. The van der Waals surface area contributed by atoms with Crippen LogP contribution < -0.4 is 10.1 Å². The van der Waals surface area contributed by atoms with Gasteiger partial charge in [-0.25, -0.2) is 9.37 Å². The van der Waals surface area contributed by atoms with Crippen LogP contribution in [0.4, 0.5) is 4.39 Å². The largest absolute Gasteiger partial charge is 0.478 e. The number of allylic oxidation sites excluding steroid dienone is 3. The summed E-state index contributed by atoms with van der Waals surface area (Å²) in [6.45, 7) is 6.52. The monoisotopic (exact) mass is 426 g/mol. The number of pyridine rings is 1. The van der Waals surface area contributed by atoms with E-state index in [1.54, 1.807) is 6.08 Å². The average molecular weight is 427 g/mol. The number of fused-ring (bicyclic) bond motifs is 1. The molecule has 2 aromatic rings. The molecule has 2 rings (SSSR count). The number of nitrogens with zero attached hydrogens (tertiary/aromatic N) is 1. The molecule has 1 amide bonds. The van der Waals surface area contributed by atoms with E-state index in [1.165, 1.54) is 6.08 Å². The number of carbonyl (C=O) groups excluding carboxylic acids is 1. The van der Waals surface area contributed by atoms with Crippen molar-refractivity contribution >= 4 is 16.8 Å². The van der Waals surface area contributed by atoms with Crippen molar-refractivity contribution in [2.24, 2.45) is 5.92 Å². The summed E-state index contributed by atoms with van der Waals surface area (Å²) < 4.78 is 19.5. The summed E-state index contributed by atoms with van der Waals surface area (Å²) in [5, 5.41) is 3.77. The number of nitrogens with one attached hydrogen (secondary N) is 1. The molecule has 0 fully saturated rings. The van der Waals surface area contributed by atoms with Crippen LogP contribution >= 0.6 is 0 Å². The molecule has 1 unspecified atom stereocenters. The molecule has 5 heteroatoms. The molecule has 0 radical (unpaired) electrons. The Morgan fingerprint density at radius 2 is 1.81 bits per heavy atom. The highest BCUT2D eigenvalue weighted by atomic mass is 19.1. The molecule has 0 aliphatic heterocycles. The zero-order valence-electron chi connectivity index (χ0n) is 18.9. The first-order chi connectivity index (χ1) is 15.0. The second-order valence-electron chi connectivity index (χ2n) is 8.20. The molecule has 0 spiro atoms. The van der Waals surface area contributed by atoms with E-state index in [0.717, 1.165) is 49.4 Å². The smallest absolute Gasteiger partial charge is 0.280 e. The highest BCUT2D eigenvalue weighted by Crippen LogP contribution is 2.16. The molecule has 4 nitrogen and oxygen atoms in total. The summed E-state index contributed by atoms with van der Waals surface area (Å²) in [5.74, 6) is -0.442. The van der Waals surface area contributed by atoms with Crippen molar-refractivity contribution in [1.29, 1.82) is 0 Å². The van der Waals surface area contributed by atoms with Gasteiger partial charge in [-0.3, -0.25) is 4.79 Å². The van der Waals surface area contributed by atoms with Crippen molar-refractivity contribution in [3.63, 3.8) is 0 Å². The lowest BCUT2D eigenvalue weighted by atomic mass is 10.1. The highest BCUT2D eigenvalue weighted by Gasteiger charge is 2.13. The van der Waals surface area contributed by atoms with Gasteiger partial charge in [0.15, 0.2) is 5.83 Å². The molecule has 168 valence electrons. The number of hydrogen-bond donors (Lipinski definition) is 1. The molecule has 31 heavy (non-hydrogen) atoms. The molecule has 1 aromatic heterocycles. The Kier molecular flexibility index (Phi) is 10.8. The van der Waals surface area contributed by atoms with Crippen molar-refractivity contribution in [2.75, 3.05) is 6.61 Å². The Hall–Kier alpha value is -2.69. The van der Waals surface area contributed by atoms with E-state index in [1.807, 2.05) is 63.2 Å². The lowest BCUT2D eigenvalue weighted by Gasteiger charge is -2.16. The van der Waals surface area contributed by atoms with E-state index in [2.05, 4.69) is 10.3 Å². The maximum atomic E-state index is 13.7. The fourth-order valence-corrected chi connectivity index (χ4v) is 2.97. The number of carbonyl (C=O) groups is 1. The number of rotatable bonds is 13. The zero-order chi connectivity index (χ0) is 22.5. The number of ether oxygens (including phenoxy) is 1. The molecule has 0 saturated carbocycles. The minimum Gasteiger partial charge on any atom is -0.478 e. The fraction of sp³-hybridized carbons (Fsp3) is 0.462.